The maximum Gasteiger partial charge on any atom is 0.252 e. The Kier molecular flexibility index (Phi) is 4.23. The summed E-state index contributed by atoms with van der Waals surface area (Å²) in [6, 6.07) is 38.7. The molecule has 0 aromatic heterocycles. The van der Waals surface area contributed by atoms with Crippen molar-refractivity contribution < 1.29 is 0 Å². The molecule has 0 bridgehead atoms. The number of anilines is 7. The highest BCUT2D eigenvalue weighted by molar-refractivity contribution is 7.00. The van der Waals surface area contributed by atoms with Crippen LogP contribution in [0.4, 0.5) is 39.8 Å². The lowest BCUT2D eigenvalue weighted by atomic mass is 9.33. The van der Waals surface area contributed by atoms with Crippen molar-refractivity contribution in [3.05, 3.63) is 120 Å². The smallest absolute Gasteiger partial charge is 0.252 e. The Morgan fingerprint density at radius 1 is 0.561 bits per heavy atom. The highest BCUT2D eigenvalue weighted by Gasteiger charge is 2.54. The summed E-state index contributed by atoms with van der Waals surface area (Å²) >= 11 is 0. The third kappa shape index (κ3) is 2.67. The van der Waals surface area contributed by atoms with E-state index < -0.39 is 0 Å². The first-order valence-electron chi connectivity index (χ1n) is 14.8. The maximum absolute atomic E-state index is 2.63. The van der Waals surface area contributed by atoms with Crippen molar-refractivity contribution in [2.75, 3.05) is 14.7 Å². The molecule has 0 saturated heterocycles. The molecule has 0 atom stereocenters. The fraction of sp³-hybridized carbons (Fsp3) is 0.189. The Bertz CT molecular complexity index is 1940. The van der Waals surface area contributed by atoms with E-state index in [1.54, 1.807) is 0 Å². The maximum atomic E-state index is 2.63. The second-order valence-electron chi connectivity index (χ2n) is 13.1. The summed E-state index contributed by atoms with van der Waals surface area (Å²) in [6.45, 7) is 11.9. The molecule has 3 nitrogen and oxygen atoms in total. The molecule has 0 unspecified atom stereocenters. The minimum atomic E-state index is -0.295. The third-order valence-corrected chi connectivity index (χ3v) is 10.1. The number of rotatable bonds is 1. The molecule has 4 aliphatic rings. The van der Waals surface area contributed by atoms with E-state index in [-0.39, 0.29) is 17.8 Å². The van der Waals surface area contributed by atoms with E-state index in [0.29, 0.717) is 0 Å². The summed E-state index contributed by atoms with van der Waals surface area (Å²) < 4.78 is 0. The Morgan fingerprint density at radius 3 is 2.00 bits per heavy atom. The predicted octanol–water partition coefficient (Wildman–Crippen LogP) is 7.27. The number of aryl methyl sites for hydroxylation is 1. The zero-order chi connectivity index (χ0) is 27.8. The number of fused-ring (bicyclic) bond motifs is 6. The monoisotopic (exact) mass is 529 g/mol. The van der Waals surface area contributed by atoms with Gasteiger partial charge in [-0.3, -0.25) is 0 Å². The Balaban J connectivity index is 1.42. The average Bonchev–Trinajstić information content (AvgIpc) is 3.21. The lowest BCUT2D eigenvalue weighted by Crippen LogP contribution is -2.64. The van der Waals surface area contributed by atoms with E-state index in [2.05, 4.69) is 152 Å². The van der Waals surface area contributed by atoms with Gasteiger partial charge in [0.25, 0.3) is 6.71 Å². The van der Waals surface area contributed by atoms with Crippen molar-refractivity contribution in [2.24, 2.45) is 0 Å². The number of hydrogen-bond acceptors (Lipinski definition) is 3. The predicted molar refractivity (Wildman–Crippen MR) is 174 cm³/mol. The second kappa shape index (κ2) is 7.44. The van der Waals surface area contributed by atoms with Crippen molar-refractivity contribution in [3.8, 4) is 0 Å². The van der Waals surface area contributed by atoms with Crippen LogP contribution in [0.15, 0.2) is 103 Å². The second-order valence-corrected chi connectivity index (χ2v) is 13.1. The molecule has 4 heteroatoms. The van der Waals surface area contributed by atoms with Gasteiger partial charge in [-0.05, 0) is 90.2 Å². The fourth-order valence-corrected chi connectivity index (χ4v) is 8.49. The molecule has 0 aliphatic carbocycles. The van der Waals surface area contributed by atoms with Crippen LogP contribution in [0.3, 0.4) is 0 Å². The van der Waals surface area contributed by atoms with Gasteiger partial charge in [0.15, 0.2) is 0 Å². The highest BCUT2D eigenvalue weighted by atomic mass is 15.5. The van der Waals surface area contributed by atoms with Gasteiger partial charge in [0, 0.05) is 28.2 Å². The fourth-order valence-electron chi connectivity index (χ4n) is 8.49. The topological polar surface area (TPSA) is 9.72 Å². The molecule has 41 heavy (non-hydrogen) atoms. The van der Waals surface area contributed by atoms with Crippen molar-refractivity contribution >= 4 is 62.9 Å². The van der Waals surface area contributed by atoms with Gasteiger partial charge >= 0.3 is 0 Å². The first-order valence-corrected chi connectivity index (χ1v) is 14.8. The van der Waals surface area contributed by atoms with Crippen molar-refractivity contribution in [1.82, 2.24) is 0 Å². The van der Waals surface area contributed by atoms with Crippen molar-refractivity contribution in [1.29, 1.82) is 0 Å². The molecule has 0 saturated carbocycles. The average molecular weight is 529 g/mol. The number of benzene rings is 5. The van der Waals surface area contributed by atoms with E-state index in [1.165, 1.54) is 72.9 Å². The lowest BCUT2D eigenvalue weighted by Gasteiger charge is -2.50. The summed E-state index contributed by atoms with van der Waals surface area (Å²) in [5.74, 6) is 0. The number of nitrogens with zero attached hydrogens (tertiary/aromatic N) is 3. The molecular weight excluding hydrogens is 497 g/mol. The van der Waals surface area contributed by atoms with Gasteiger partial charge < -0.3 is 14.7 Å². The first kappa shape index (κ1) is 23.3. The summed E-state index contributed by atoms with van der Waals surface area (Å²) in [7, 11) is 0. The van der Waals surface area contributed by atoms with Crippen molar-refractivity contribution in [2.45, 2.75) is 45.7 Å². The van der Waals surface area contributed by atoms with Crippen LogP contribution in [0.25, 0.3) is 0 Å². The molecular formula is C37H32BN3. The Morgan fingerprint density at radius 2 is 1.20 bits per heavy atom. The molecule has 0 amide bonds. The van der Waals surface area contributed by atoms with E-state index in [9.17, 15) is 0 Å². The normalized spacial score (nSPS) is 17.6. The minimum absolute atomic E-state index is 0.0893. The van der Waals surface area contributed by atoms with Crippen LogP contribution < -0.4 is 31.1 Å². The number of para-hydroxylation sites is 4. The quantitative estimate of drug-likeness (QED) is 0.208. The van der Waals surface area contributed by atoms with E-state index in [0.717, 1.165) is 0 Å². The van der Waals surface area contributed by atoms with Gasteiger partial charge in [0.1, 0.15) is 5.66 Å². The van der Waals surface area contributed by atoms with Crippen LogP contribution in [0, 0.1) is 6.92 Å². The molecule has 5 aromatic carbocycles. The van der Waals surface area contributed by atoms with Gasteiger partial charge in [0.2, 0.25) is 0 Å². The van der Waals surface area contributed by atoms with E-state index >= 15 is 0 Å². The molecule has 4 heterocycles. The molecule has 0 spiro atoms. The third-order valence-electron chi connectivity index (χ3n) is 10.1. The van der Waals surface area contributed by atoms with Crippen LogP contribution in [-0.2, 0) is 5.41 Å². The molecule has 5 aromatic rings. The standard InChI is InChI=1S/C37H32BN3/c1-23-21-31-33-32(22-23)41-35-28(18-12-20-30(35)40(37(41,4)5)24-13-7-6-8-14-24)38(33)27-17-11-16-26-34(27)39(31)29-19-10-9-15-25(29)36(26,2)3/h6-22H,1-5H3. The van der Waals surface area contributed by atoms with Crippen LogP contribution >= 0.6 is 0 Å². The van der Waals surface area contributed by atoms with Crippen LogP contribution in [0.5, 0.6) is 0 Å². The van der Waals surface area contributed by atoms with Gasteiger partial charge in [-0.15, -0.1) is 0 Å². The number of hydrogen-bond donors (Lipinski definition) is 0. The summed E-state index contributed by atoms with van der Waals surface area (Å²) in [4.78, 5) is 7.74. The summed E-state index contributed by atoms with van der Waals surface area (Å²) in [5.41, 5.74) is 17.1. The lowest BCUT2D eigenvalue weighted by molar-refractivity contribution is 0.541. The summed E-state index contributed by atoms with van der Waals surface area (Å²) in [6.07, 6.45) is 0. The van der Waals surface area contributed by atoms with Gasteiger partial charge in [0.05, 0.1) is 17.1 Å². The van der Waals surface area contributed by atoms with Crippen LogP contribution in [-0.4, -0.2) is 12.4 Å². The molecule has 198 valence electrons. The largest absolute Gasteiger partial charge is 0.317 e. The van der Waals surface area contributed by atoms with Gasteiger partial charge in [-0.25, -0.2) is 0 Å². The Labute approximate surface area is 242 Å². The molecule has 4 aliphatic heterocycles. The van der Waals surface area contributed by atoms with Gasteiger partial charge in [-0.1, -0.05) is 80.6 Å². The van der Waals surface area contributed by atoms with Crippen LogP contribution in [0.2, 0.25) is 0 Å². The zero-order valence-corrected chi connectivity index (χ0v) is 24.2. The minimum Gasteiger partial charge on any atom is -0.317 e. The van der Waals surface area contributed by atoms with E-state index in [1.807, 2.05) is 0 Å². The zero-order valence-electron chi connectivity index (χ0n) is 24.2. The summed E-state index contributed by atoms with van der Waals surface area (Å²) in [5, 5.41) is 0. The molecule has 0 N–H and O–H groups in total. The van der Waals surface area contributed by atoms with E-state index in [4.69, 9.17) is 0 Å². The van der Waals surface area contributed by atoms with Gasteiger partial charge in [-0.2, -0.15) is 0 Å². The molecule has 9 rings (SSSR count). The van der Waals surface area contributed by atoms with Crippen LogP contribution in [0.1, 0.15) is 44.4 Å². The SMILES string of the molecule is Cc1cc2c3c(c1)N1c4c(cccc4N(c4ccccc4)C1(C)C)B3c1cccc3c1N2c1ccccc1C3(C)C. The Hall–Kier alpha value is -4.44. The molecule has 0 fully saturated rings. The van der Waals surface area contributed by atoms with Crippen molar-refractivity contribution in [3.63, 3.8) is 0 Å². The first-order chi connectivity index (χ1) is 19.8. The highest BCUT2D eigenvalue weighted by Crippen LogP contribution is 2.57. The molecule has 0 radical (unpaired) electrons.